The van der Waals surface area contributed by atoms with Crippen LogP contribution in [0.1, 0.15) is 22.3 Å². The first-order valence-electron chi connectivity index (χ1n) is 25.2. The Bertz CT molecular complexity index is 3970. The van der Waals surface area contributed by atoms with Crippen LogP contribution in [0.2, 0.25) is 0 Å². The molecule has 1 aliphatic rings. The van der Waals surface area contributed by atoms with Gasteiger partial charge in [0.25, 0.3) is 0 Å². The number of aromatic nitrogens is 2. The summed E-state index contributed by atoms with van der Waals surface area (Å²) in [6.07, 6.45) is 9.88. The number of rotatable bonds is 9. The first-order chi connectivity index (χ1) is 36.1. The van der Waals surface area contributed by atoms with E-state index in [-0.39, 0.29) is 0 Å². The Hall–Kier alpha value is -9.44. The summed E-state index contributed by atoms with van der Waals surface area (Å²) in [4.78, 5) is 2.39. The highest BCUT2D eigenvalue weighted by Gasteiger charge is 2.40. The van der Waals surface area contributed by atoms with E-state index in [1.165, 1.54) is 66.1 Å². The molecule has 0 atom stereocenters. The molecule has 2 heterocycles. The number of fused-ring (bicyclic) bond motifs is 6. The van der Waals surface area contributed by atoms with Crippen molar-refractivity contribution in [3.8, 4) is 33.6 Å². The summed E-state index contributed by atoms with van der Waals surface area (Å²) in [6.45, 7) is 5.05. The van der Waals surface area contributed by atoms with Gasteiger partial charge in [-0.15, -0.1) is 0 Å². The molecule has 0 saturated carbocycles. The molecule has 2 aromatic heterocycles. The Morgan fingerprint density at radius 2 is 0.945 bits per heavy atom. The molecule has 0 bridgehead atoms. The van der Waals surface area contributed by atoms with Gasteiger partial charge in [0.05, 0.1) is 22.0 Å². The van der Waals surface area contributed by atoms with Crippen molar-refractivity contribution >= 4 is 44.1 Å². The first kappa shape index (κ1) is 43.6. The maximum Gasteiger partial charge on any atom is 0.0699 e. The zero-order chi connectivity index (χ0) is 48.7. The van der Waals surface area contributed by atoms with Crippen LogP contribution in [0.15, 0.2) is 303 Å². The third-order valence-electron chi connectivity index (χ3n) is 14.9. The van der Waals surface area contributed by atoms with Crippen LogP contribution in [0.25, 0.3) is 66.3 Å². The summed E-state index contributed by atoms with van der Waals surface area (Å²) in [5.74, 6) is 0. The molecule has 0 saturated heterocycles. The fourth-order valence-electron chi connectivity index (χ4n) is 11.5. The van der Waals surface area contributed by atoms with Crippen molar-refractivity contribution in [2.45, 2.75) is 11.8 Å². The molecule has 346 valence electrons. The summed E-state index contributed by atoms with van der Waals surface area (Å²) in [5, 5.41) is 3.66. The molecule has 1 aliphatic carbocycles. The minimum absolute atomic E-state index is 0.664. The summed E-state index contributed by atoms with van der Waals surface area (Å²) < 4.78 is 4.72. The topological polar surface area (TPSA) is 13.1 Å². The average Bonchev–Trinajstić information content (AvgIpc) is 4.06. The van der Waals surface area contributed by atoms with E-state index in [0.717, 1.165) is 51.6 Å². The first-order valence-corrected chi connectivity index (χ1v) is 25.2. The van der Waals surface area contributed by atoms with Crippen molar-refractivity contribution in [2.24, 2.45) is 0 Å². The van der Waals surface area contributed by atoms with E-state index in [1.54, 1.807) is 0 Å². The molecular weight excluding hydrogens is 883 g/mol. The van der Waals surface area contributed by atoms with Crippen LogP contribution in [0.4, 0.5) is 11.4 Å². The highest BCUT2D eigenvalue weighted by Crippen LogP contribution is 2.48. The maximum absolute atomic E-state index is 5.05. The fraction of sp³-hybridized carbons (Fsp3) is 0.0286. The van der Waals surface area contributed by atoms with Crippen LogP contribution in [-0.4, -0.2) is 9.13 Å². The maximum atomic E-state index is 5.05. The average molecular weight is 934 g/mol. The van der Waals surface area contributed by atoms with Crippen molar-refractivity contribution in [3.05, 3.63) is 325 Å². The van der Waals surface area contributed by atoms with Gasteiger partial charge in [-0.2, -0.15) is 0 Å². The lowest BCUT2D eigenvalue weighted by Crippen LogP contribution is -2.32. The molecule has 3 heteroatoms. The highest BCUT2D eigenvalue weighted by atomic mass is 15.1. The second-order valence-electron chi connectivity index (χ2n) is 19.0. The van der Waals surface area contributed by atoms with E-state index in [2.05, 4.69) is 299 Å². The molecular formula is C70H51N3. The quantitative estimate of drug-likeness (QED) is 0.141. The number of hydrogen-bond acceptors (Lipinski definition) is 1. The van der Waals surface area contributed by atoms with Crippen LogP contribution in [-0.2, 0) is 11.8 Å². The standard InChI is InChI=1S/C70H51N3/c1-50-48-62(32-19-23-54-22-17-18-33-66(54)70(50,56-24-9-3-10-25-56)57-26-11-4-12-27-57)72(60-39-34-52(35-40-60)51-20-7-2-8-21-51)61-41-36-53(37-42-61)55-38-44-68-65(49-55)63-43-45-67-64(46-47-71(67)58-28-13-5-14-29-58)69(63)73(68)59-30-15-6-16-31-59/h2-22,24-49H,1,23H2/b32-19-,62-48+. The van der Waals surface area contributed by atoms with E-state index in [4.69, 9.17) is 6.58 Å². The number of para-hydroxylation sites is 2. The Kier molecular flexibility index (Phi) is 11.0. The smallest absolute Gasteiger partial charge is 0.0699 e. The van der Waals surface area contributed by atoms with E-state index < -0.39 is 5.41 Å². The largest absolute Gasteiger partial charge is 0.316 e. The van der Waals surface area contributed by atoms with Crippen molar-refractivity contribution in [2.75, 3.05) is 4.90 Å². The normalized spacial score (nSPS) is 14.5. The van der Waals surface area contributed by atoms with Gasteiger partial charge in [-0.05, 0) is 141 Å². The summed E-state index contributed by atoms with van der Waals surface area (Å²) in [5.41, 5.74) is 18.8. The number of allylic oxidation sites excluding steroid dienone is 4. The molecule has 0 aliphatic heterocycles. The van der Waals surface area contributed by atoms with Crippen LogP contribution in [0.3, 0.4) is 0 Å². The Balaban J connectivity index is 0.957. The van der Waals surface area contributed by atoms with Crippen molar-refractivity contribution in [1.29, 1.82) is 0 Å². The van der Waals surface area contributed by atoms with Gasteiger partial charge in [0, 0.05) is 50.8 Å². The molecule has 12 aromatic rings. The summed E-state index contributed by atoms with van der Waals surface area (Å²) in [6, 6.07) is 94.6. The lowest BCUT2D eigenvalue weighted by atomic mass is 9.63. The van der Waals surface area contributed by atoms with E-state index in [1.807, 2.05) is 0 Å². The van der Waals surface area contributed by atoms with Gasteiger partial charge in [0.15, 0.2) is 0 Å². The molecule has 73 heavy (non-hydrogen) atoms. The molecule has 0 unspecified atom stereocenters. The molecule has 0 spiro atoms. The zero-order valence-electron chi connectivity index (χ0n) is 40.4. The monoisotopic (exact) mass is 933 g/mol. The lowest BCUT2D eigenvalue weighted by molar-refractivity contribution is 0.736. The predicted octanol–water partition coefficient (Wildman–Crippen LogP) is 17.8. The fourth-order valence-corrected chi connectivity index (χ4v) is 11.5. The third-order valence-corrected chi connectivity index (χ3v) is 14.9. The number of anilines is 2. The number of benzene rings is 10. The van der Waals surface area contributed by atoms with Crippen molar-refractivity contribution in [3.63, 3.8) is 0 Å². The van der Waals surface area contributed by atoms with Gasteiger partial charge in [-0.1, -0.05) is 201 Å². The van der Waals surface area contributed by atoms with Gasteiger partial charge in [0.1, 0.15) is 0 Å². The number of nitrogens with zero attached hydrogens (tertiary/aromatic N) is 3. The Labute approximate surface area is 426 Å². The van der Waals surface area contributed by atoms with Crippen LogP contribution in [0, 0.1) is 0 Å². The van der Waals surface area contributed by atoms with Crippen LogP contribution >= 0.6 is 0 Å². The second-order valence-corrected chi connectivity index (χ2v) is 19.0. The molecule has 0 N–H and O–H groups in total. The van der Waals surface area contributed by atoms with E-state index in [9.17, 15) is 0 Å². The zero-order valence-corrected chi connectivity index (χ0v) is 40.4. The molecule has 0 radical (unpaired) electrons. The van der Waals surface area contributed by atoms with Gasteiger partial charge in [-0.25, -0.2) is 0 Å². The van der Waals surface area contributed by atoms with Gasteiger partial charge >= 0.3 is 0 Å². The molecule has 0 fully saturated rings. The SMILES string of the molecule is C=C1/C=C(N(c2ccc(-c3ccccc3)cc2)c2ccc(-c3ccc4c(c3)c3ccc5c(ccn5-c5ccccc5)c3n4-c3ccccc3)cc2)\C=C/Cc2ccccc2C1(c1ccccc1)c1ccccc1. The van der Waals surface area contributed by atoms with Crippen molar-refractivity contribution < 1.29 is 0 Å². The van der Waals surface area contributed by atoms with E-state index >= 15 is 0 Å². The molecule has 13 rings (SSSR count). The molecule has 10 aromatic carbocycles. The lowest BCUT2D eigenvalue weighted by Gasteiger charge is -2.39. The highest BCUT2D eigenvalue weighted by molar-refractivity contribution is 6.19. The minimum Gasteiger partial charge on any atom is -0.316 e. The third kappa shape index (κ3) is 7.53. The van der Waals surface area contributed by atoms with Crippen molar-refractivity contribution in [1.82, 2.24) is 9.13 Å². The van der Waals surface area contributed by atoms with Gasteiger partial charge in [0.2, 0.25) is 0 Å². The molecule has 3 nitrogen and oxygen atoms in total. The van der Waals surface area contributed by atoms with Crippen LogP contribution < -0.4 is 4.90 Å². The second kappa shape index (κ2) is 18.4. The Morgan fingerprint density at radius 3 is 1.59 bits per heavy atom. The minimum atomic E-state index is -0.664. The van der Waals surface area contributed by atoms with Gasteiger partial charge in [-0.3, -0.25) is 0 Å². The molecule has 0 amide bonds. The predicted molar refractivity (Wildman–Crippen MR) is 306 cm³/mol. The summed E-state index contributed by atoms with van der Waals surface area (Å²) in [7, 11) is 0. The summed E-state index contributed by atoms with van der Waals surface area (Å²) >= 11 is 0. The Morgan fingerprint density at radius 1 is 0.425 bits per heavy atom. The van der Waals surface area contributed by atoms with E-state index in [0.29, 0.717) is 0 Å². The number of hydrogen-bond donors (Lipinski definition) is 0. The van der Waals surface area contributed by atoms with Crippen LogP contribution in [0.5, 0.6) is 0 Å². The van der Waals surface area contributed by atoms with Gasteiger partial charge < -0.3 is 14.0 Å².